The fourth-order valence-electron chi connectivity index (χ4n) is 2.35. The molecule has 0 saturated carbocycles. The number of para-hydroxylation sites is 1. The number of aryl methyl sites for hydroxylation is 1. The molecule has 0 radical (unpaired) electrons. The molecule has 2 heteroatoms. The first-order valence-electron chi connectivity index (χ1n) is 7.23. The van der Waals surface area contributed by atoms with Crippen molar-refractivity contribution in [3.63, 3.8) is 0 Å². The van der Waals surface area contributed by atoms with Gasteiger partial charge in [0.25, 0.3) is 0 Å². The van der Waals surface area contributed by atoms with Gasteiger partial charge in [-0.3, -0.25) is 0 Å². The Morgan fingerprint density at radius 3 is 2.25 bits per heavy atom. The lowest BCUT2D eigenvalue weighted by Crippen LogP contribution is -2.10. The zero-order valence-electron chi connectivity index (χ0n) is 12.9. The number of hydrogen-bond acceptors (Lipinski definition) is 2. The van der Waals surface area contributed by atoms with Crippen molar-refractivity contribution in [3.05, 3.63) is 59.7 Å². The van der Waals surface area contributed by atoms with Crippen molar-refractivity contribution >= 4 is 11.4 Å². The SMILES string of the molecule is CCc1ccccc1NC(C)c1ccc(N(C)C)cc1. The van der Waals surface area contributed by atoms with E-state index in [2.05, 4.69) is 86.7 Å². The molecule has 0 aliphatic rings. The molecule has 0 aliphatic carbocycles. The van der Waals surface area contributed by atoms with E-state index in [0.29, 0.717) is 6.04 Å². The second-order valence-corrected chi connectivity index (χ2v) is 5.36. The second kappa shape index (κ2) is 6.47. The number of anilines is 2. The van der Waals surface area contributed by atoms with Gasteiger partial charge in [0.1, 0.15) is 0 Å². The second-order valence-electron chi connectivity index (χ2n) is 5.36. The molecular formula is C18H24N2. The van der Waals surface area contributed by atoms with E-state index in [-0.39, 0.29) is 0 Å². The fraction of sp³-hybridized carbons (Fsp3) is 0.333. The predicted octanol–water partition coefficient (Wildman–Crippen LogP) is 4.49. The Morgan fingerprint density at radius 1 is 1.00 bits per heavy atom. The molecule has 2 rings (SSSR count). The van der Waals surface area contributed by atoms with E-state index < -0.39 is 0 Å². The average Bonchev–Trinajstić information content (AvgIpc) is 2.48. The molecule has 0 bridgehead atoms. The van der Waals surface area contributed by atoms with Crippen LogP contribution in [0.25, 0.3) is 0 Å². The highest BCUT2D eigenvalue weighted by Gasteiger charge is 2.07. The molecule has 0 amide bonds. The van der Waals surface area contributed by atoms with Crippen LogP contribution in [0.15, 0.2) is 48.5 Å². The molecule has 0 saturated heterocycles. The first kappa shape index (κ1) is 14.4. The highest BCUT2D eigenvalue weighted by Crippen LogP contribution is 2.24. The molecule has 1 atom stereocenters. The maximum atomic E-state index is 3.61. The first-order valence-corrected chi connectivity index (χ1v) is 7.23. The minimum absolute atomic E-state index is 0.305. The lowest BCUT2D eigenvalue weighted by Gasteiger charge is -2.19. The smallest absolute Gasteiger partial charge is 0.0485 e. The molecule has 20 heavy (non-hydrogen) atoms. The third-order valence-electron chi connectivity index (χ3n) is 3.68. The van der Waals surface area contributed by atoms with Crippen LogP contribution in [-0.4, -0.2) is 14.1 Å². The van der Waals surface area contributed by atoms with E-state index in [1.807, 2.05) is 0 Å². The third-order valence-corrected chi connectivity index (χ3v) is 3.68. The summed E-state index contributed by atoms with van der Waals surface area (Å²) in [5.74, 6) is 0. The molecule has 1 N–H and O–H groups in total. The van der Waals surface area contributed by atoms with Crippen LogP contribution in [0.1, 0.15) is 31.0 Å². The number of rotatable bonds is 5. The van der Waals surface area contributed by atoms with Crippen LogP contribution in [0.5, 0.6) is 0 Å². The summed E-state index contributed by atoms with van der Waals surface area (Å²) in [5, 5.41) is 3.61. The van der Waals surface area contributed by atoms with Crippen molar-refractivity contribution in [2.24, 2.45) is 0 Å². The van der Waals surface area contributed by atoms with Gasteiger partial charge in [-0.2, -0.15) is 0 Å². The maximum Gasteiger partial charge on any atom is 0.0485 e. The number of benzene rings is 2. The van der Waals surface area contributed by atoms with Crippen molar-refractivity contribution in [2.75, 3.05) is 24.3 Å². The van der Waals surface area contributed by atoms with E-state index in [9.17, 15) is 0 Å². The summed E-state index contributed by atoms with van der Waals surface area (Å²) < 4.78 is 0. The molecule has 2 aromatic rings. The highest BCUT2D eigenvalue weighted by atomic mass is 15.1. The van der Waals surface area contributed by atoms with Gasteiger partial charge >= 0.3 is 0 Å². The fourth-order valence-corrected chi connectivity index (χ4v) is 2.35. The summed E-state index contributed by atoms with van der Waals surface area (Å²) in [6, 6.07) is 17.6. The molecule has 0 aliphatic heterocycles. The molecular weight excluding hydrogens is 244 g/mol. The Labute approximate surface area is 122 Å². The minimum atomic E-state index is 0.305. The zero-order chi connectivity index (χ0) is 14.5. The van der Waals surface area contributed by atoms with E-state index in [1.165, 1.54) is 22.5 Å². The molecule has 1 unspecified atom stereocenters. The van der Waals surface area contributed by atoms with Crippen molar-refractivity contribution in [1.29, 1.82) is 0 Å². The van der Waals surface area contributed by atoms with Crippen LogP contribution in [0.3, 0.4) is 0 Å². The molecule has 2 aromatic carbocycles. The molecule has 0 fully saturated rings. The van der Waals surface area contributed by atoms with E-state index in [1.54, 1.807) is 0 Å². The summed E-state index contributed by atoms with van der Waals surface area (Å²) in [4.78, 5) is 2.12. The van der Waals surface area contributed by atoms with Crippen LogP contribution in [0.4, 0.5) is 11.4 Å². The van der Waals surface area contributed by atoms with Crippen molar-refractivity contribution in [3.8, 4) is 0 Å². The maximum absolute atomic E-state index is 3.61. The van der Waals surface area contributed by atoms with E-state index in [4.69, 9.17) is 0 Å². The lowest BCUT2D eigenvalue weighted by molar-refractivity contribution is 0.879. The molecule has 0 aromatic heterocycles. The van der Waals surface area contributed by atoms with E-state index in [0.717, 1.165) is 6.42 Å². The highest BCUT2D eigenvalue weighted by molar-refractivity contribution is 5.53. The minimum Gasteiger partial charge on any atom is -0.378 e. The van der Waals surface area contributed by atoms with Gasteiger partial charge in [-0.05, 0) is 42.7 Å². The Bertz CT molecular complexity index is 544. The Morgan fingerprint density at radius 2 is 1.65 bits per heavy atom. The summed E-state index contributed by atoms with van der Waals surface area (Å²) in [6.45, 7) is 4.40. The molecule has 0 heterocycles. The first-order chi connectivity index (χ1) is 9.61. The quantitative estimate of drug-likeness (QED) is 0.859. The summed E-state index contributed by atoms with van der Waals surface area (Å²) in [6.07, 6.45) is 1.05. The molecule has 0 spiro atoms. The summed E-state index contributed by atoms with van der Waals surface area (Å²) >= 11 is 0. The Balaban J connectivity index is 2.13. The largest absolute Gasteiger partial charge is 0.378 e. The monoisotopic (exact) mass is 268 g/mol. The topological polar surface area (TPSA) is 15.3 Å². The van der Waals surface area contributed by atoms with Gasteiger partial charge in [0, 0.05) is 31.5 Å². The van der Waals surface area contributed by atoms with Crippen LogP contribution in [0, 0.1) is 0 Å². The zero-order valence-corrected chi connectivity index (χ0v) is 12.9. The van der Waals surface area contributed by atoms with Gasteiger partial charge in [0.15, 0.2) is 0 Å². The van der Waals surface area contributed by atoms with Gasteiger partial charge in [-0.25, -0.2) is 0 Å². The molecule has 2 nitrogen and oxygen atoms in total. The Kier molecular flexibility index (Phi) is 4.67. The van der Waals surface area contributed by atoms with Gasteiger partial charge in [0.05, 0.1) is 0 Å². The van der Waals surface area contributed by atoms with Gasteiger partial charge < -0.3 is 10.2 Å². The number of nitrogens with zero attached hydrogens (tertiary/aromatic N) is 1. The van der Waals surface area contributed by atoms with Gasteiger partial charge in [-0.15, -0.1) is 0 Å². The van der Waals surface area contributed by atoms with Crippen LogP contribution < -0.4 is 10.2 Å². The van der Waals surface area contributed by atoms with Gasteiger partial charge in [-0.1, -0.05) is 37.3 Å². The Hall–Kier alpha value is -1.96. The third kappa shape index (κ3) is 3.32. The number of hydrogen-bond donors (Lipinski definition) is 1. The summed E-state index contributed by atoms with van der Waals surface area (Å²) in [7, 11) is 4.13. The number of nitrogens with one attached hydrogen (secondary N) is 1. The normalized spacial score (nSPS) is 12.0. The molecule has 106 valence electrons. The van der Waals surface area contributed by atoms with Crippen molar-refractivity contribution < 1.29 is 0 Å². The standard InChI is InChI=1S/C18H24N2/c1-5-15-8-6-7-9-18(15)19-14(2)16-10-12-17(13-11-16)20(3)4/h6-14,19H,5H2,1-4H3. The van der Waals surface area contributed by atoms with Gasteiger partial charge in [0.2, 0.25) is 0 Å². The van der Waals surface area contributed by atoms with Crippen molar-refractivity contribution in [1.82, 2.24) is 0 Å². The predicted molar refractivity (Wildman–Crippen MR) is 88.6 cm³/mol. The van der Waals surface area contributed by atoms with Crippen LogP contribution >= 0.6 is 0 Å². The van der Waals surface area contributed by atoms with Crippen LogP contribution in [0.2, 0.25) is 0 Å². The van der Waals surface area contributed by atoms with E-state index >= 15 is 0 Å². The summed E-state index contributed by atoms with van der Waals surface area (Å²) in [5.41, 5.74) is 5.14. The van der Waals surface area contributed by atoms with Crippen LogP contribution in [-0.2, 0) is 6.42 Å². The average molecular weight is 268 g/mol. The lowest BCUT2D eigenvalue weighted by atomic mass is 10.1. The van der Waals surface area contributed by atoms with Crippen molar-refractivity contribution in [2.45, 2.75) is 26.3 Å².